The number of halogens is 2. The van der Waals surface area contributed by atoms with Crippen molar-refractivity contribution in [2.24, 2.45) is 5.41 Å². The van der Waals surface area contributed by atoms with E-state index in [2.05, 4.69) is 20.4 Å². The Morgan fingerprint density at radius 1 is 1.35 bits per heavy atom. The molecule has 0 radical (unpaired) electrons. The lowest BCUT2D eigenvalue weighted by Crippen LogP contribution is -2.29. The van der Waals surface area contributed by atoms with Crippen molar-refractivity contribution in [3.05, 3.63) is 35.2 Å². The maximum atomic E-state index is 6.01. The quantitative estimate of drug-likeness (QED) is 0.917. The van der Waals surface area contributed by atoms with Gasteiger partial charge >= 0.3 is 0 Å². The third kappa shape index (κ3) is 3.53. The summed E-state index contributed by atoms with van der Waals surface area (Å²) < 4.78 is 5.41. The summed E-state index contributed by atoms with van der Waals surface area (Å²) in [5, 5.41) is 8.23. The van der Waals surface area contributed by atoms with Crippen LogP contribution in [0.2, 0.25) is 5.02 Å². The Bertz CT molecular complexity index is 670. The smallest absolute Gasteiger partial charge is 0.241 e. The molecule has 0 aliphatic carbocycles. The molecule has 0 saturated carbocycles. The van der Waals surface area contributed by atoms with Crippen molar-refractivity contribution in [2.75, 3.05) is 26.2 Å². The van der Waals surface area contributed by atoms with Crippen LogP contribution in [0.25, 0.3) is 11.4 Å². The number of hydrogen-bond acceptors (Lipinski definition) is 5. The van der Waals surface area contributed by atoms with Crippen molar-refractivity contribution >= 4 is 24.0 Å². The molecule has 2 aromatic rings. The van der Waals surface area contributed by atoms with Gasteiger partial charge in [-0.25, -0.2) is 0 Å². The van der Waals surface area contributed by atoms with E-state index in [4.69, 9.17) is 16.1 Å². The molecule has 1 unspecified atom stereocenters. The van der Waals surface area contributed by atoms with Crippen LogP contribution >= 0.6 is 24.0 Å². The van der Waals surface area contributed by atoms with Crippen LogP contribution in [-0.2, 0) is 6.54 Å². The van der Waals surface area contributed by atoms with Gasteiger partial charge in [-0.3, -0.25) is 4.90 Å². The van der Waals surface area contributed by atoms with E-state index in [-0.39, 0.29) is 12.4 Å². The molecule has 5 nitrogen and oxygen atoms in total. The summed E-state index contributed by atoms with van der Waals surface area (Å²) in [5.41, 5.74) is 1.36. The fourth-order valence-corrected chi connectivity index (χ4v) is 3.75. The summed E-state index contributed by atoms with van der Waals surface area (Å²) in [6.45, 7) is 5.25. The van der Waals surface area contributed by atoms with E-state index in [1.807, 2.05) is 24.3 Å². The molecule has 3 heterocycles. The molecule has 2 aliphatic heterocycles. The van der Waals surface area contributed by atoms with E-state index in [1.165, 1.54) is 12.8 Å². The number of benzene rings is 1. The Hall–Kier alpha value is -1.14. The summed E-state index contributed by atoms with van der Waals surface area (Å²) in [4.78, 5) is 6.93. The molecule has 1 N–H and O–H groups in total. The standard InChI is InChI=1S/C16H19ClN4O.ClH/c17-13-3-1-2-12(8-13)15-19-14(22-20-15)9-21-7-5-16(11-21)4-6-18-10-16;/h1-3,8,18H,4-7,9-11H2;1H. The lowest BCUT2D eigenvalue weighted by molar-refractivity contribution is 0.236. The van der Waals surface area contributed by atoms with E-state index in [0.717, 1.165) is 38.3 Å². The van der Waals surface area contributed by atoms with E-state index in [0.29, 0.717) is 22.2 Å². The number of aromatic nitrogens is 2. The Morgan fingerprint density at radius 3 is 3.04 bits per heavy atom. The summed E-state index contributed by atoms with van der Waals surface area (Å²) in [5.74, 6) is 1.28. The van der Waals surface area contributed by atoms with Crippen molar-refractivity contribution in [3.63, 3.8) is 0 Å². The van der Waals surface area contributed by atoms with Crippen molar-refractivity contribution in [1.82, 2.24) is 20.4 Å². The van der Waals surface area contributed by atoms with Crippen molar-refractivity contribution in [1.29, 1.82) is 0 Å². The molecular weight excluding hydrogens is 335 g/mol. The number of rotatable bonds is 3. The van der Waals surface area contributed by atoms with Crippen molar-refractivity contribution < 1.29 is 4.52 Å². The van der Waals surface area contributed by atoms with Crippen LogP contribution in [0.4, 0.5) is 0 Å². The zero-order valence-electron chi connectivity index (χ0n) is 12.8. The molecule has 2 aliphatic rings. The molecule has 2 fully saturated rings. The zero-order chi connectivity index (χ0) is 15.0. The average Bonchev–Trinajstić information content (AvgIpc) is 3.23. The van der Waals surface area contributed by atoms with Gasteiger partial charge in [0.25, 0.3) is 0 Å². The van der Waals surface area contributed by atoms with Crippen LogP contribution in [-0.4, -0.2) is 41.2 Å². The summed E-state index contributed by atoms with van der Waals surface area (Å²) in [7, 11) is 0. The summed E-state index contributed by atoms with van der Waals surface area (Å²) in [6, 6.07) is 7.52. The third-order valence-corrected chi connectivity index (χ3v) is 4.99. The second-order valence-corrected chi connectivity index (χ2v) is 6.85. The third-order valence-electron chi connectivity index (χ3n) is 4.76. The van der Waals surface area contributed by atoms with Gasteiger partial charge in [0, 0.05) is 23.7 Å². The van der Waals surface area contributed by atoms with E-state index in [1.54, 1.807) is 0 Å². The maximum absolute atomic E-state index is 6.01. The van der Waals surface area contributed by atoms with Crippen LogP contribution < -0.4 is 5.32 Å². The highest BCUT2D eigenvalue weighted by Gasteiger charge is 2.40. The predicted octanol–water partition coefficient (Wildman–Crippen LogP) is 3.00. The number of nitrogens with zero attached hydrogens (tertiary/aromatic N) is 3. The molecule has 1 aromatic carbocycles. The largest absolute Gasteiger partial charge is 0.338 e. The topological polar surface area (TPSA) is 54.2 Å². The zero-order valence-corrected chi connectivity index (χ0v) is 14.4. The van der Waals surface area contributed by atoms with Gasteiger partial charge < -0.3 is 9.84 Å². The van der Waals surface area contributed by atoms with Gasteiger partial charge in [-0.15, -0.1) is 12.4 Å². The molecule has 0 bridgehead atoms. The van der Waals surface area contributed by atoms with E-state index >= 15 is 0 Å². The lowest BCUT2D eigenvalue weighted by Gasteiger charge is -2.21. The van der Waals surface area contributed by atoms with Gasteiger partial charge in [0.15, 0.2) is 0 Å². The predicted molar refractivity (Wildman–Crippen MR) is 91.8 cm³/mol. The van der Waals surface area contributed by atoms with Crippen LogP contribution in [0.15, 0.2) is 28.8 Å². The maximum Gasteiger partial charge on any atom is 0.241 e. The van der Waals surface area contributed by atoms with Crippen LogP contribution in [0, 0.1) is 5.41 Å². The number of hydrogen-bond donors (Lipinski definition) is 1. The van der Waals surface area contributed by atoms with E-state index < -0.39 is 0 Å². The first-order chi connectivity index (χ1) is 10.7. The second-order valence-electron chi connectivity index (χ2n) is 6.41. The molecule has 4 rings (SSSR count). The van der Waals surface area contributed by atoms with Gasteiger partial charge in [0.1, 0.15) is 0 Å². The number of likely N-dealkylation sites (tertiary alicyclic amines) is 1. The normalized spacial score (nSPS) is 24.2. The Balaban J connectivity index is 0.00000156. The molecule has 1 atom stereocenters. The van der Waals surface area contributed by atoms with Crippen LogP contribution in [0.5, 0.6) is 0 Å². The monoisotopic (exact) mass is 354 g/mol. The second kappa shape index (κ2) is 6.77. The molecule has 1 spiro atoms. The summed E-state index contributed by atoms with van der Waals surface area (Å²) in [6.07, 6.45) is 2.54. The van der Waals surface area contributed by atoms with Crippen molar-refractivity contribution in [3.8, 4) is 11.4 Å². The van der Waals surface area contributed by atoms with Crippen LogP contribution in [0.1, 0.15) is 18.7 Å². The minimum absolute atomic E-state index is 0. The summed E-state index contributed by atoms with van der Waals surface area (Å²) >= 11 is 6.01. The fraction of sp³-hybridized carbons (Fsp3) is 0.500. The highest BCUT2D eigenvalue weighted by atomic mass is 35.5. The molecule has 7 heteroatoms. The van der Waals surface area contributed by atoms with Gasteiger partial charge in [-0.05, 0) is 43.5 Å². The SMILES string of the molecule is Cl.Clc1cccc(-c2noc(CN3CCC4(CCNC4)C3)n2)c1. The average molecular weight is 355 g/mol. The minimum atomic E-state index is 0. The van der Waals surface area contributed by atoms with Gasteiger partial charge in [0.05, 0.1) is 6.54 Å². The molecule has 0 amide bonds. The molecule has 2 saturated heterocycles. The minimum Gasteiger partial charge on any atom is -0.338 e. The number of nitrogens with one attached hydrogen (secondary N) is 1. The first kappa shape index (κ1) is 16.7. The van der Waals surface area contributed by atoms with Gasteiger partial charge in [0.2, 0.25) is 11.7 Å². The van der Waals surface area contributed by atoms with Gasteiger partial charge in [-0.1, -0.05) is 28.9 Å². The first-order valence-corrected chi connectivity index (χ1v) is 8.12. The van der Waals surface area contributed by atoms with Gasteiger partial charge in [-0.2, -0.15) is 4.98 Å². The lowest BCUT2D eigenvalue weighted by atomic mass is 9.87. The molecule has 1 aromatic heterocycles. The first-order valence-electron chi connectivity index (χ1n) is 7.74. The Kier molecular flexibility index (Phi) is 4.92. The van der Waals surface area contributed by atoms with Crippen molar-refractivity contribution in [2.45, 2.75) is 19.4 Å². The highest BCUT2D eigenvalue weighted by Crippen LogP contribution is 2.36. The highest BCUT2D eigenvalue weighted by molar-refractivity contribution is 6.30. The molecule has 23 heavy (non-hydrogen) atoms. The van der Waals surface area contributed by atoms with Crippen LogP contribution in [0.3, 0.4) is 0 Å². The molecular formula is C16H20Cl2N4O. The fourth-order valence-electron chi connectivity index (χ4n) is 3.56. The Morgan fingerprint density at radius 2 is 2.26 bits per heavy atom. The molecule has 124 valence electrons. The Labute approximate surface area is 146 Å². The van der Waals surface area contributed by atoms with E-state index in [9.17, 15) is 0 Å².